The Morgan fingerprint density at radius 3 is 2.59 bits per heavy atom. The number of aromatic carboxylic acids is 1. The van der Waals surface area contributed by atoms with E-state index in [-0.39, 0.29) is 5.56 Å². The summed E-state index contributed by atoms with van der Waals surface area (Å²) in [5.74, 6) is -0.394. The monoisotopic (exact) mass is 294 g/mol. The second-order valence-corrected chi connectivity index (χ2v) is 5.41. The number of ether oxygens (including phenoxy) is 1. The van der Waals surface area contributed by atoms with E-state index in [9.17, 15) is 9.90 Å². The fourth-order valence-corrected chi connectivity index (χ4v) is 2.67. The molecule has 0 saturated carbocycles. The molecule has 22 heavy (non-hydrogen) atoms. The van der Waals surface area contributed by atoms with Crippen LogP contribution >= 0.6 is 0 Å². The normalized spacial score (nSPS) is 14.2. The van der Waals surface area contributed by atoms with Gasteiger partial charge in [-0.1, -0.05) is 42.5 Å². The summed E-state index contributed by atoms with van der Waals surface area (Å²) in [4.78, 5) is 11.5. The van der Waals surface area contributed by atoms with E-state index in [1.165, 1.54) is 0 Å². The quantitative estimate of drug-likeness (QED) is 0.860. The van der Waals surface area contributed by atoms with Crippen LogP contribution in [0.3, 0.4) is 0 Å². The van der Waals surface area contributed by atoms with Crippen LogP contribution in [0.1, 0.15) is 39.9 Å². The summed E-state index contributed by atoms with van der Waals surface area (Å²) < 4.78 is 5.65. The van der Waals surface area contributed by atoms with E-state index in [1.807, 2.05) is 48.6 Å². The number of fused-ring (bicyclic) bond motifs is 1. The number of hydrogen-bond acceptors (Lipinski definition) is 2. The Kier molecular flexibility index (Phi) is 4.24. The maximum atomic E-state index is 11.5. The highest BCUT2D eigenvalue weighted by Gasteiger charge is 2.18. The zero-order valence-electron chi connectivity index (χ0n) is 12.3. The molecule has 112 valence electrons. The number of carbonyl (C=O) groups is 1. The number of rotatable bonds is 3. The molecule has 3 nitrogen and oxygen atoms in total. The average Bonchev–Trinajstić information content (AvgIpc) is 2.78. The van der Waals surface area contributed by atoms with Crippen LogP contribution in [0, 0.1) is 0 Å². The summed E-state index contributed by atoms with van der Waals surface area (Å²) in [7, 11) is 0. The van der Waals surface area contributed by atoms with Crippen molar-refractivity contribution in [3.05, 3.63) is 64.7 Å². The topological polar surface area (TPSA) is 46.5 Å². The lowest BCUT2D eigenvalue weighted by Gasteiger charge is -2.11. The zero-order chi connectivity index (χ0) is 15.4. The molecular weight excluding hydrogens is 276 g/mol. The molecule has 1 N–H and O–H groups in total. The molecule has 1 aliphatic rings. The van der Waals surface area contributed by atoms with E-state index < -0.39 is 5.97 Å². The molecule has 1 aliphatic heterocycles. The first-order chi connectivity index (χ1) is 10.7. The van der Waals surface area contributed by atoms with Gasteiger partial charge < -0.3 is 9.84 Å². The van der Waals surface area contributed by atoms with E-state index in [0.717, 1.165) is 36.0 Å². The zero-order valence-corrected chi connectivity index (χ0v) is 12.3. The molecule has 0 amide bonds. The molecule has 1 heterocycles. The first-order valence-corrected chi connectivity index (χ1v) is 7.50. The Morgan fingerprint density at radius 2 is 1.82 bits per heavy atom. The van der Waals surface area contributed by atoms with E-state index in [0.29, 0.717) is 12.4 Å². The van der Waals surface area contributed by atoms with Crippen LogP contribution in [0.4, 0.5) is 0 Å². The highest BCUT2D eigenvalue weighted by Crippen LogP contribution is 2.30. The lowest BCUT2D eigenvalue weighted by atomic mass is 10.00. The van der Waals surface area contributed by atoms with Gasteiger partial charge in [0.1, 0.15) is 11.3 Å². The number of aryl methyl sites for hydroxylation is 1. The lowest BCUT2D eigenvalue weighted by Crippen LogP contribution is -2.05. The van der Waals surface area contributed by atoms with Gasteiger partial charge in [0, 0.05) is 0 Å². The predicted molar refractivity (Wildman–Crippen MR) is 87.2 cm³/mol. The maximum Gasteiger partial charge on any atom is 0.339 e. The van der Waals surface area contributed by atoms with Crippen molar-refractivity contribution in [3.63, 3.8) is 0 Å². The molecule has 0 saturated heterocycles. The molecule has 0 aromatic heterocycles. The van der Waals surface area contributed by atoms with Gasteiger partial charge in [-0.3, -0.25) is 0 Å². The van der Waals surface area contributed by atoms with E-state index in [4.69, 9.17) is 4.74 Å². The Morgan fingerprint density at radius 1 is 1.05 bits per heavy atom. The maximum absolute atomic E-state index is 11.5. The third-order valence-corrected chi connectivity index (χ3v) is 3.77. The SMILES string of the molecule is O=C(O)c1cc(C=Cc2ccccc2)cc2c1OCCCC2. The highest BCUT2D eigenvalue weighted by molar-refractivity contribution is 5.92. The van der Waals surface area contributed by atoms with E-state index >= 15 is 0 Å². The number of carboxylic acids is 1. The third kappa shape index (κ3) is 3.19. The minimum Gasteiger partial charge on any atom is -0.492 e. The van der Waals surface area contributed by atoms with Gasteiger partial charge >= 0.3 is 5.97 Å². The largest absolute Gasteiger partial charge is 0.492 e. The highest BCUT2D eigenvalue weighted by atomic mass is 16.5. The van der Waals surface area contributed by atoms with Crippen LogP contribution in [-0.4, -0.2) is 17.7 Å². The van der Waals surface area contributed by atoms with Crippen molar-refractivity contribution < 1.29 is 14.6 Å². The third-order valence-electron chi connectivity index (χ3n) is 3.77. The second kappa shape index (κ2) is 6.48. The molecule has 0 fully saturated rings. The molecule has 3 rings (SSSR count). The van der Waals surface area contributed by atoms with Gasteiger partial charge in [-0.05, 0) is 48.1 Å². The van der Waals surface area contributed by atoms with Crippen molar-refractivity contribution in [1.29, 1.82) is 0 Å². The summed E-state index contributed by atoms with van der Waals surface area (Å²) in [5.41, 5.74) is 3.23. The van der Waals surface area contributed by atoms with Crippen molar-refractivity contribution in [3.8, 4) is 5.75 Å². The van der Waals surface area contributed by atoms with Gasteiger partial charge in [-0.2, -0.15) is 0 Å². The second-order valence-electron chi connectivity index (χ2n) is 5.41. The van der Waals surface area contributed by atoms with Crippen LogP contribution in [0.5, 0.6) is 5.75 Å². The van der Waals surface area contributed by atoms with Gasteiger partial charge in [0.25, 0.3) is 0 Å². The molecule has 0 atom stereocenters. The molecule has 2 aromatic rings. The van der Waals surface area contributed by atoms with Crippen LogP contribution in [0.2, 0.25) is 0 Å². The summed E-state index contributed by atoms with van der Waals surface area (Å²) in [6.07, 6.45) is 6.79. The van der Waals surface area contributed by atoms with Gasteiger partial charge in [0.05, 0.1) is 6.61 Å². The van der Waals surface area contributed by atoms with E-state index in [1.54, 1.807) is 6.07 Å². The van der Waals surface area contributed by atoms with Crippen molar-refractivity contribution >= 4 is 18.1 Å². The molecule has 0 aliphatic carbocycles. The van der Waals surface area contributed by atoms with Crippen LogP contribution in [0.15, 0.2) is 42.5 Å². The summed E-state index contributed by atoms with van der Waals surface area (Å²) in [6, 6.07) is 13.7. The van der Waals surface area contributed by atoms with Crippen LogP contribution in [0.25, 0.3) is 12.2 Å². The molecule has 0 bridgehead atoms. The van der Waals surface area contributed by atoms with Crippen LogP contribution < -0.4 is 4.74 Å². The minimum absolute atomic E-state index is 0.257. The lowest BCUT2D eigenvalue weighted by molar-refractivity contribution is 0.0692. The number of carboxylic acid groups (broad SMARTS) is 1. The van der Waals surface area contributed by atoms with Crippen molar-refractivity contribution in [2.75, 3.05) is 6.61 Å². The summed E-state index contributed by atoms with van der Waals surface area (Å²) in [6.45, 7) is 0.590. The molecule has 0 unspecified atom stereocenters. The Hall–Kier alpha value is -2.55. The first-order valence-electron chi connectivity index (χ1n) is 7.50. The molecule has 0 radical (unpaired) electrons. The molecular formula is C19H18O3. The number of hydrogen-bond donors (Lipinski definition) is 1. The van der Waals surface area contributed by atoms with Gasteiger partial charge in [-0.25, -0.2) is 4.79 Å². The fraction of sp³-hybridized carbons (Fsp3) is 0.211. The predicted octanol–water partition coefficient (Wildman–Crippen LogP) is 4.27. The van der Waals surface area contributed by atoms with E-state index in [2.05, 4.69) is 0 Å². The first kappa shape index (κ1) is 14.4. The smallest absolute Gasteiger partial charge is 0.339 e. The van der Waals surface area contributed by atoms with Crippen molar-refractivity contribution in [2.45, 2.75) is 19.3 Å². The standard InChI is InChI=1S/C19H18O3/c20-19(21)17-13-15(10-9-14-6-2-1-3-7-14)12-16-8-4-5-11-22-18(16)17/h1-3,6-7,9-10,12-13H,4-5,8,11H2,(H,20,21). The Bertz CT molecular complexity index is 702. The van der Waals surface area contributed by atoms with Crippen molar-refractivity contribution in [2.24, 2.45) is 0 Å². The van der Waals surface area contributed by atoms with Crippen molar-refractivity contribution in [1.82, 2.24) is 0 Å². The Balaban J connectivity index is 1.98. The Labute approximate surface area is 129 Å². The van der Waals surface area contributed by atoms with Gasteiger partial charge in [0.15, 0.2) is 0 Å². The fourth-order valence-electron chi connectivity index (χ4n) is 2.67. The van der Waals surface area contributed by atoms with Crippen LogP contribution in [-0.2, 0) is 6.42 Å². The summed E-state index contributed by atoms with van der Waals surface area (Å²) in [5, 5.41) is 9.44. The minimum atomic E-state index is -0.937. The molecule has 2 aromatic carbocycles. The van der Waals surface area contributed by atoms with Gasteiger partial charge in [0.2, 0.25) is 0 Å². The average molecular weight is 294 g/mol. The van der Waals surface area contributed by atoms with Gasteiger partial charge in [-0.15, -0.1) is 0 Å². The summed E-state index contributed by atoms with van der Waals surface area (Å²) >= 11 is 0. The number of benzene rings is 2. The molecule has 3 heteroatoms. The molecule has 0 spiro atoms.